The monoisotopic (exact) mass is 337 g/mol. The summed E-state index contributed by atoms with van der Waals surface area (Å²) in [7, 11) is 1.50. The summed E-state index contributed by atoms with van der Waals surface area (Å²) in [5.74, 6) is -0.293. The Balaban J connectivity index is 1.99. The number of carbonyl (C=O) groups is 1. The lowest BCUT2D eigenvalue weighted by atomic mass is 10.1. The number of hydrogen-bond donors (Lipinski definition) is 1. The number of ether oxygens (including phenoxy) is 1. The van der Waals surface area contributed by atoms with Crippen molar-refractivity contribution in [2.45, 2.75) is 37.2 Å². The topological polar surface area (TPSA) is 72.5 Å². The molecule has 1 amide bonds. The molecule has 2 heterocycles. The smallest absolute Gasteiger partial charge is 0.262 e. The number of hydrogen-bond acceptors (Lipinski definition) is 5. The van der Waals surface area contributed by atoms with E-state index in [-0.39, 0.29) is 16.9 Å². The van der Waals surface area contributed by atoms with Crippen molar-refractivity contribution >= 4 is 37.0 Å². The minimum atomic E-state index is -3.80. The number of amides is 1. The fourth-order valence-corrected chi connectivity index (χ4v) is 4.66. The Morgan fingerprint density at radius 1 is 1.55 bits per heavy atom. The fraction of sp³-hybridized carbons (Fsp3) is 0.583. The molecule has 8 heteroatoms. The largest absolute Gasteiger partial charge is 0.376 e. The first-order valence-corrected chi connectivity index (χ1v) is 9.45. The van der Waals surface area contributed by atoms with Crippen LogP contribution in [0.3, 0.4) is 0 Å². The molecule has 1 aliphatic heterocycles. The quantitative estimate of drug-likeness (QED) is 0.855. The summed E-state index contributed by atoms with van der Waals surface area (Å²) < 4.78 is 28.1. The Hall–Kier alpha value is -0.630. The number of thiophene rings is 1. The van der Waals surface area contributed by atoms with Crippen molar-refractivity contribution < 1.29 is 17.9 Å². The summed E-state index contributed by atoms with van der Waals surface area (Å²) in [6.07, 6.45) is 3.15. The van der Waals surface area contributed by atoms with E-state index in [1.807, 2.05) is 0 Å². The zero-order valence-electron chi connectivity index (χ0n) is 11.0. The molecule has 1 atom stereocenters. The number of nitrogens with one attached hydrogen (secondary N) is 1. The highest BCUT2D eigenvalue weighted by Gasteiger charge is 2.21. The molecule has 0 radical (unpaired) electrons. The maximum absolute atomic E-state index is 12.0. The van der Waals surface area contributed by atoms with Crippen LogP contribution in [0.5, 0.6) is 0 Å². The van der Waals surface area contributed by atoms with Gasteiger partial charge in [-0.1, -0.05) is 0 Å². The van der Waals surface area contributed by atoms with E-state index in [4.69, 9.17) is 15.4 Å². The van der Waals surface area contributed by atoms with Crippen LogP contribution in [0.4, 0.5) is 0 Å². The molecule has 0 aliphatic carbocycles. The molecule has 1 aromatic rings. The number of aryl methyl sites for hydroxylation is 1. The average molecular weight is 338 g/mol. The van der Waals surface area contributed by atoms with Crippen molar-refractivity contribution in [2.24, 2.45) is 0 Å². The van der Waals surface area contributed by atoms with Crippen molar-refractivity contribution in [2.75, 3.05) is 13.2 Å². The second-order valence-electron chi connectivity index (χ2n) is 4.67. The van der Waals surface area contributed by atoms with Gasteiger partial charge in [-0.15, -0.1) is 11.3 Å². The molecule has 0 bridgehead atoms. The maximum atomic E-state index is 12.0. The van der Waals surface area contributed by atoms with Crippen molar-refractivity contribution in [3.8, 4) is 0 Å². The molecule has 1 saturated heterocycles. The lowest BCUT2D eigenvalue weighted by molar-refractivity contribution is 0.0169. The lowest BCUT2D eigenvalue weighted by Crippen LogP contribution is -2.35. The fourth-order valence-electron chi connectivity index (χ4n) is 2.08. The average Bonchev–Trinajstić information content (AvgIpc) is 2.79. The Bertz CT molecular complexity index is 591. The highest BCUT2D eigenvalue weighted by Crippen LogP contribution is 2.28. The van der Waals surface area contributed by atoms with Gasteiger partial charge < -0.3 is 10.1 Å². The highest BCUT2D eigenvalue weighted by atomic mass is 35.7. The zero-order chi connectivity index (χ0) is 14.8. The van der Waals surface area contributed by atoms with Crippen molar-refractivity contribution in [1.29, 1.82) is 0 Å². The van der Waals surface area contributed by atoms with Crippen molar-refractivity contribution in [3.63, 3.8) is 0 Å². The second kappa shape index (κ2) is 6.43. The molecule has 0 saturated carbocycles. The van der Waals surface area contributed by atoms with Gasteiger partial charge in [0.25, 0.3) is 15.0 Å². The van der Waals surface area contributed by atoms with Crippen LogP contribution in [0, 0.1) is 6.92 Å². The van der Waals surface area contributed by atoms with Gasteiger partial charge in [-0.3, -0.25) is 4.79 Å². The number of halogens is 1. The van der Waals surface area contributed by atoms with E-state index in [0.717, 1.165) is 37.2 Å². The van der Waals surface area contributed by atoms with E-state index in [2.05, 4.69) is 5.32 Å². The Labute approximate surface area is 126 Å². The van der Waals surface area contributed by atoms with Crippen molar-refractivity contribution in [3.05, 3.63) is 15.8 Å². The Kier molecular flexibility index (Phi) is 5.06. The molecule has 1 aromatic heterocycles. The summed E-state index contributed by atoms with van der Waals surface area (Å²) in [4.78, 5) is 12.8. The third-order valence-corrected chi connectivity index (χ3v) is 5.75. The predicted octanol–water partition coefficient (Wildman–Crippen LogP) is 2.28. The van der Waals surface area contributed by atoms with Gasteiger partial charge in [0.1, 0.15) is 0 Å². The highest BCUT2D eigenvalue weighted by molar-refractivity contribution is 8.13. The standard InChI is InChI=1S/C12H16ClNO4S2/c1-8-11(20(13,16)17)6-10(19-8)12(15)14-7-9-4-2-3-5-18-9/h6,9H,2-5,7H2,1H3,(H,14,15). The molecule has 1 fully saturated rings. The second-order valence-corrected chi connectivity index (χ2v) is 8.46. The lowest BCUT2D eigenvalue weighted by Gasteiger charge is -2.22. The van der Waals surface area contributed by atoms with E-state index < -0.39 is 9.05 Å². The van der Waals surface area contributed by atoms with Crippen LogP contribution in [-0.4, -0.2) is 33.6 Å². The van der Waals surface area contributed by atoms with Crippen LogP contribution in [0.2, 0.25) is 0 Å². The van der Waals surface area contributed by atoms with Crippen molar-refractivity contribution in [1.82, 2.24) is 5.32 Å². The molecular weight excluding hydrogens is 322 g/mol. The molecule has 20 heavy (non-hydrogen) atoms. The van der Waals surface area contributed by atoms with Gasteiger partial charge in [0.2, 0.25) is 0 Å². The van der Waals surface area contributed by atoms with Crippen LogP contribution < -0.4 is 5.32 Å². The molecule has 112 valence electrons. The van der Waals surface area contributed by atoms with Crippen LogP contribution in [0.15, 0.2) is 11.0 Å². The SMILES string of the molecule is Cc1sc(C(=O)NCC2CCCCO2)cc1S(=O)(=O)Cl. The third kappa shape index (κ3) is 3.94. The Morgan fingerprint density at radius 2 is 2.30 bits per heavy atom. The van der Waals surface area contributed by atoms with Gasteiger partial charge in [-0.2, -0.15) is 0 Å². The first kappa shape index (κ1) is 15.8. The number of rotatable bonds is 4. The summed E-state index contributed by atoms with van der Waals surface area (Å²) >= 11 is 1.12. The first-order chi connectivity index (χ1) is 9.38. The predicted molar refractivity (Wildman–Crippen MR) is 78.0 cm³/mol. The molecule has 2 rings (SSSR count). The van der Waals surface area contributed by atoms with Gasteiger partial charge in [-0.05, 0) is 32.3 Å². The molecule has 1 N–H and O–H groups in total. The summed E-state index contributed by atoms with van der Waals surface area (Å²) in [6.45, 7) is 2.80. The molecule has 0 aromatic carbocycles. The minimum Gasteiger partial charge on any atom is -0.376 e. The Morgan fingerprint density at radius 3 is 2.85 bits per heavy atom. The minimum absolute atomic E-state index is 0.00299. The van der Waals surface area contributed by atoms with E-state index in [9.17, 15) is 13.2 Å². The van der Waals surface area contributed by atoms with Gasteiger partial charge in [0, 0.05) is 28.7 Å². The molecular formula is C12H16ClNO4S2. The number of carbonyl (C=O) groups excluding carboxylic acids is 1. The van der Waals surface area contributed by atoms with Crippen LogP contribution in [-0.2, 0) is 13.8 Å². The first-order valence-electron chi connectivity index (χ1n) is 6.33. The summed E-state index contributed by atoms with van der Waals surface area (Å²) in [6, 6.07) is 1.32. The van der Waals surface area contributed by atoms with Crippen LogP contribution >= 0.6 is 22.0 Å². The van der Waals surface area contributed by atoms with E-state index in [0.29, 0.717) is 16.3 Å². The summed E-state index contributed by atoms with van der Waals surface area (Å²) in [5, 5.41) is 2.77. The molecule has 5 nitrogen and oxygen atoms in total. The molecule has 0 spiro atoms. The van der Waals surface area contributed by atoms with Gasteiger partial charge in [-0.25, -0.2) is 8.42 Å². The third-order valence-electron chi connectivity index (χ3n) is 3.12. The van der Waals surface area contributed by atoms with E-state index in [1.165, 1.54) is 6.07 Å². The molecule has 1 unspecified atom stereocenters. The van der Waals surface area contributed by atoms with E-state index >= 15 is 0 Å². The van der Waals surface area contributed by atoms with Gasteiger partial charge in [0.15, 0.2) is 0 Å². The van der Waals surface area contributed by atoms with E-state index in [1.54, 1.807) is 6.92 Å². The molecule has 1 aliphatic rings. The van der Waals surface area contributed by atoms with Crippen LogP contribution in [0.25, 0.3) is 0 Å². The normalized spacial score (nSPS) is 19.8. The van der Waals surface area contributed by atoms with Gasteiger partial charge >= 0.3 is 0 Å². The van der Waals surface area contributed by atoms with Crippen LogP contribution in [0.1, 0.15) is 33.8 Å². The summed E-state index contributed by atoms with van der Waals surface area (Å²) in [5.41, 5.74) is 0. The maximum Gasteiger partial charge on any atom is 0.262 e. The zero-order valence-corrected chi connectivity index (χ0v) is 13.4. The van der Waals surface area contributed by atoms with Gasteiger partial charge in [0.05, 0.1) is 15.9 Å².